The molecule has 11 heteroatoms. The predicted octanol–water partition coefficient (Wildman–Crippen LogP) is 9.47. The molecule has 0 fully saturated rings. The fourth-order valence-electron chi connectivity index (χ4n) is 7.68. The zero-order valence-electron chi connectivity index (χ0n) is 35.7. The average molecular weight is 825 g/mol. The van der Waals surface area contributed by atoms with E-state index in [1.165, 1.54) is 63.2 Å². The van der Waals surface area contributed by atoms with Crippen molar-refractivity contribution in [3.63, 3.8) is 0 Å². The van der Waals surface area contributed by atoms with E-state index in [0.717, 1.165) is 0 Å². The summed E-state index contributed by atoms with van der Waals surface area (Å²) in [4.78, 5) is 36.5. The standard InChI is InChI=1S/C25H31NO4S.C23H29NO4/c1-16(30-25(3,4)5)23(15-31-17(2)27)26-24(28)29-14-22-20-12-8-6-10-18(20)19-11-7-9-13-21(19)22;1-15(28-23(2,3)4)21(13-25)24-22(26)27-14-20-18-11-7-5-9-16(18)17-10-6-8-12-19(17)20/h6-13,16,22-23H,14-15H2,1-5H3,(H,26,28);5-12,15,20-21,25H,13-14H2,1-4H3,(H,24,26)/t16-,23-;15-,21-/m11/s1. The lowest BCUT2D eigenvalue weighted by Crippen LogP contribution is -2.48. The van der Waals surface area contributed by atoms with Crippen molar-refractivity contribution in [1.82, 2.24) is 10.6 Å². The summed E-state index contributed by atoms with van der Waals surface area (Å²) in [5.74, 6) is 0.442. The van der Waals surface area contributed by atoms with Gasteiger partial charge in [-0.3, -0.25) is 4.79 Å². The van der Waals surface area contributed by atoms with Crippen LogP contribution in [0.2, 0.25) is 0 Å². The molecule has 0 radical (unpaired) electrons. The van der Waals surface area contributed by atoms with Gasteiger partial charge in [-0.2, -0.15) is 0 Å². The Morgan fingerprint density at radius 1 is 0.593 bits per heavy atom. The molecule has 2 aliphatic carbocycles. The van der Waals surface area contributed by atoms with Crippen LogP contribution in [0, 0.1) is 0 Å². The maximum atomic E-state index is 12.7. The highest BCUT2D eigenvalue weighted by molar-refractivity contribution is 8.13. The molecule has 4 aromatic carbocycles. The number of nitrogens with one attached hydrogen (secondary N) is 2. The van der Waals surface area contributed by atoms with Crippen LogP contribution in [0.3, 0.4) is 0 Å². The lowest BCUT2D eigenvalue weighted by molar-refractivity contribution is -0.109. The first-order valence-corrected chi connectivity index (χ1v) is 21.3. The molecule has 316 valence electrons. The summed E-state index contributed by atoms with van der Waals surface area (Å²) in [7, 11) is 0. The first-order chi connectivity index (χ1) is 28.0. The summed E-state index contributed by atoms with van der Waals surface area (Å²) in [5, 5.41) is 15.3. The minimum Gasteiger partial charge on any atom is -0.449 e. The number of rotatable bonds is 13. The molecule has 6 rings (SSSR count). The number of amides is 2. The third-order valence-electron chi connectivity index (χ3n) is 10.2. The van der Waals surface area contributed by atoms with Gasteiger partial charge in [-0.05, 0) is 99.9 Å². The lowest BCUT2D eigenvalue weighted by atomic mass is 9.98. The number of thioether (sulfide) groups is 1. The molecule has 2 amide bonds. The number of fused-ring (bicyclic) bond motifs is 6. The highest BCUT2D eigenvalue weighted by Crippen LogP contribution is 2.45. The largest absolute Gasteiger partial charge is 0.449 e. The van der Waals surface area contributed by atoms with Crippen molar-refractivity contribution in [2.75, 3.05) is 25.6 Å². The molecule has 0 unspecified atom stereocenters. The van der Waals surface area contributed by atoms with Crippen molar-refractivity contribution in [2.24, 2.45) is 0 Å². The first kappa shape index (κ1) is 45.4. The molecule has 3 N–H and O–H groups in total. The van der Waals surface area contributed by atoms with E-state index in [1.54, 1.807) is 0 Å². The van der Waals surface area contributed by atoms with Crippen LogP contribution in [0.15, 0.2) is 97.1 Å². The Hall–Kier alpha value is -4.68. The highest BCUT2D eigenvalue weighted by Gasteiger charge is 2.32. The summed E-state index contributed by atoms with van der Waals surface area (Å²) in [5.41, 5.74) is 8.70. The topological polar surface area (TPSA) is 132 Å². The van der Waals surface area contributed by atoms with Gasteiger partial charge in [-0.15, -0.1) is 0 Å². The Morgan fingerprint density at radius 3 is 1.24 bits per heavy atom. The SMILES string of the molecule is CC(=O)SC[C@@H](NC(=O)OCC1c2ccccc2-c2ccccc21)[C@@H](C)OC(C)(C)C.C[C@@H](OC(C)(C)C)[C@@H](CO)NC(=O)OCC1c2ccccc2-c2ccccc21. The summed E-state index contributed by atoms with van der Waals surface area (Å²) in [6, 6.07) is 32.0. The number of hydrogen-bond donors (Lipinski definition) is 3. The van der Waals surface area contributed by atoms with Crippen molar-refractivity contribution in [2.45, 2.75) is 110 Å². The van der Waals surface area contributed by atoms with Crippen LogP contribution in [-0.2, 0) is 23.7 Å². The molecule has 0 saturated heterocycles. The molecular formula is C48H60N2O8S. The Kier molecular flexibility index (Phi) is 15.4. The fourth-order valence-corrected chi connectivity index (χ4v) is 8.44. The Labute approximate surface area is 353 Å². The molecule has 4 aromatic rings. The van der Waals surface area contributed by atoms with Gasteiger partial charge in [0, 0.05) is 24.5 Å². The van der Waals surface area contributed by atoms with Crippen molar-refractivity contribution in [3.05, 3.63) is 119 Å². The Morgan fingerprint density at radius 2 is 0.915 bits per heavy atom. The molecule has 2 aliphatic rings. The van der Waals surface area contributed by atoms with Gasteiger partial charge in [-0.1, -0.05) is 109 Å². The van der Waals surface area contributed by atoms with E-state index in [9.17, 15) is 19.5 Å². The molecule has 10 nitrogen and oxygen atoms in total. The monoisotopic (exact) mass is 824 g/mol. The van der Waals surface area contributed by atoms with Gasteiger partial charge in [0.15, 0.2) is 5.12 Å². The van der Waals surface area contributed by atoms with Crippen LogP contribution < -0.4 is 10.6 Å². The maximum Gasteiger partial charge on any atom is 0.407 e. The zero-order valence-corrected chi connectivity index (χ0v) is 36.6. The third-order valence-corrected chi connectivity index (χ3v) is 11.1. The number of alkyl carbamates (subject to hydrolysis) is 2. The smallest absolute Gasteiger partial charge is 0.407 e. The number of aliphatic hydroxyl groups excluding tert-OH is 1. The Balaban J connectivity index is 0.000000225. The van der Waals surface area contributed by atoms with Crippen LogP contribution in [0.4, 0.5) is 9.59 Å². The molecule has 0 spiro atoms. The number of aliphatic hydroxyl groups is 1. The summed E-state index contributed by atoms with van der Waals surface area (Å²) in [6.07, 6.45) is -1.66. The molecule has 59 heavy (non-hydrogen) atoms. The highest BCUT2D eigenvalue weighted by atomic mass is 32.2. The van der Waals surface area contributed by atoms with E-state index in [-0.39, 0.29) is 66.2 Å². The minimum absolute atomic E-state index is 0.00213. The molecule has 4 atom stereocenters. The van der Waals surface area contributed by atoms with Crippen LogP contribution in [0.5, 0.6) is 0 Å². The Bertz CT molecular complexity index is 1970. The quantitative estimate of drug-likeness (QED) is 0.121. The normalized spacial score (nSPS) is 15.2. The van der Waals surface area contributed by atoms with Crippen LogP contribution in [-0.4, -0.2) is 83.5 Å². The number of carbonyl (C=O) groups is 3. The van der Waals surface area contributed by atoms with Crippen molar-refractivity contribution in [3.8, 4) is 22.3 Å². The van der Waals surface area contributed by atoms with Gasteiger partial charge in [0.25, 0.3) is 0 Å². The third kappa shape index (κ3) is 12.4. The van der Waals surface area contributed by atoms with E-state index in [2.05, 4.69) is 59.2 Å². The zero-order chi connectivity index (χ0) is 42.9. The van der Waals surface area contributed by atoms with Gasteiger partial charge in [0.1, 0.15) is 13.2 Å². The van der Waals surface area contributed by atoms with E-state index >= 15 is 0 Å². The van der Waals surface area contributed by atoms with Gasteiger partial charge in [-0.25, -0.2) is 9.59 Å². The molecule has 0 aromatic heterocycles. The molecule has 0 saturated carbocycles. The van der Waals surface area contributed by atoms with Crippen molar-refractivity contribution >= 4 is 29.1 Å². The van der Waals surface area contributed by atoms with Crippen molar-refractivity contribution < 1.29 is 38.4 Å². The number of carbonyl (C=O) groups excluding carboxylic acids is 3. The molecule has 0 heterocycles. The second-order valence-corrected chi connectivity index (χ2v) is 18.2. The fraction of sp³-hybridized carbons (Fsp3) is 0.438. The lowest BCUT2D eigenvalue weighted by Gasteiger charge is -2.31. The number of ether oxygens (including phenoxy) is 4. The van der Waals surface area contributed by atoms with Gasteiger partial charge >= 0.3 is 12.2 Å². The summed E-state index contributed by atoms with van der Waals surface area (Å²) < 4.78 is 23.0. The van der Waals surface area contributed by atoms with Crippen LogP contribution >= 0.6 is 11.8 Å². The van der Waals surface area contributed by atoms with Crippen LogP contribution in [0.25, 0.3) is 22.3 Å². The molecular weight excluding hydrogens is 765 g/mol. The van der Waals surface area contributed by atoms with Crippen LogP contribution in [0.1, 0.15) is 96.4 Å². The molecule has 0 aliphatic heterocycles. The first-order valence-electron chi connectivity index (χ1n) is 20.3. The number of benzene rings is 4. The van der Waals surface area contributed by atoms with E-state index < -0.39 is 18.2 Å². The van der Waals surface area contributed by atoms with E-state index in [4.69, 9.17) is 18.9 Å². The van der Waals surface area contributed by atoms with Crippen molar-refractivity contribution in [1.29, 1.82) is 0 Å². The molecule has 0 bridgehead atoms. The summed E-state index contributed by atoms with van der Waals surface area (Å²) >= 11 is 1.17. The summed E-state index contributed by atoms with van der Waals surface area (Å²) in [6.45, 7) is 17.2. The predicted molar refractivity (Wildman–Crippen MR) is 235 cm³/mol. The van der Waals surface area contributed by atoms with Gasteiger partial charge in [0.2, 0.25) is 0 Å². The average Bonchev–Trinajstić information content (AvgIpc) is 3.68. The second-order valence-electron chi connectivity index (χ2n) is 17.0. The van der Waals surface area contributed by atoms with Gasteiger partial charge < -0.3 is 34.7 Å². The minimum atomic E-state index is -0.551. The van der Waals surface area contributed by atoms with E-state index in [1.807, 2.05) is 104 Å². The van der Waals surface area contributed by atoms with E-state index in [0.29, 0.717) is 5.75 Å². The second kappa shape index (κ2) is 20.1. The maximum absolute atomic E-state index is 12.7. The van der Waals surface area contributed by atoms with Gasteiger partial charge in [0.05, 0.1) is 42.1 Å². The number of hydrogen-bond acceptors (Lipinski definition) is 9.